The van der Waals surface area contributed by atoms with Gasteiger partial charge in [0.2, 0.25) is 5.91 Å². The Hall–Kier alpha value is -1.75. The number of pyridine rings is 1. The highest BCUT2D eigenvalue weighted by molar-refractivity contribution is 9.10. The Morgan fingerprint density at radius 2 is 2.14 bits per heavy atom. The predicted octanol–water partition coefficient (Wildman–Crippen LogP) is 3.33. The average molecular weight is 349 g/mol. The van der Waals surface area contributed by atoms with Gasteiger partial charge in [-0.1, -0.05) is 28.1 Å². The van der Waals surface area contributed by atoms with Gasteiger partial charge >= 0.3 is 0 Å². The van der Waals surface area contributed by atoms with E-state index >= 15 is 0 Å². The van der Waals surface area contributed by atoms with E-state index in [-0.39, 0.29) is 17.9 Å². The van der Waals surface area contributed by atoms with Crippen molar-refractivity contribution in [3.05, 3.63) is 64.1 Å². The van der Waals surface area contributed by atoms with E-state index in [1.807, 2.05) is 24.3 Å². The van der Waals surface area contributed by atoms with E-state index in [0.717, 1.165) is 29.1 Å². The maximum Gasteiger partial charge on any atom is 0.226 e. The molecule has 0 atom stereocenters. The third-order valence-corrected chi connectivity index (χ3v) is 4.13. The van der Waals surface area contributed by atoms with Crippen molar-refractivity contribution in [1.29, 1.82) is 0 Å². The van der Waals surface area contributed by atoms with Crippen LogP contribution in [-0.4, -0.2) is 10.9 Å². The maximum atomic E-state index is 12.8. The number of carbonyl (C=O) groups excluding carboxylic acids is 1. The molecule has 1 saturated carbocycles. The molecular weight excluding hydrogens is 335 g/mol. The predicted molar refractivity (Wildman–Crippen MR) is 81.1 cm³/mol. The second kappa shape index (κ2) is 5.56. The second-order valence-corrected chi connectivity index (χ2v) is 6.20. The lowest BCUT2D eigenvalue weighted by Gasteiger charge is -2.18. The average Bonchev–Trinajstić information content (AvgIpc) is 3.22. The summed E-state index contributed by atoms with van der Waals surface area (Å²) in [5.74, 6) is -0.487. The number of halogens is 2. The van der Waals surface area contributed by atoms with Gasteiger partial charge in [-0.15, -0.1) is 0 Å². The van der Waals surface area contributed by atoms with Crippen LogP contribution in [0.5, 0.6) is 0 Å². The summed E-state index contributed by atoms with van der Waals surface area (Å²) in [5.41, 5.74) is 1.43. The molecule has 1 aromatic heterocycles. The Kier molecular flexibility index (Phi) is 3.76. The molecule has 5 heteroatoms. The summed E-state index contributed by atoms with van der Waals surface area (Å²) in [6.45, 7) is 0. The van der Waals surface area contributed by atoms with Crippen LogP contribution in [0.25, 0.3) is 0 Å². The number of carbonyl (C=O) groups is 1. The molecule has 0 saturated heterocycles. The van der Waals surface area contributed by atoms with Gasteiger partial charge in [0.05, 0.1) is 18.2 Å². The van der Waals surface area contributed by atoms with Crippen LogP contribution in [0, 0.1) is 5.82 Å². The van der Waals surface area contributed by atoms with Gasteiger partial charge in [-0.25, -0.2) is 4.39 Å². The first-order chi connectivity index (χ1) is 10.1. The lowest BCUT2D eigenvalue weighted by atomic mass is 10.0. The zero-order chi connectivity index (χ0) is 14.9. The number of aromatic nitrogens is 1. The highest BCUT2D eigenvalue weighted by Gasteiger charge is 2.45. The summed E-state index contributed by atoms with van der Waals surface area (Å²) in [6, 6.07) is 10.8. The summed E-state index contributed by atoms with van der Waals surface area (Å²) in [7, 11) is 0. The van der Waals surface area contributed by atoms with Crippen molar-refractivity contribution in [2.24, 2.45) is 0 Å². The van der Waals surface area contributed by atoms with Crippen molar-refractivity contribution in [1.82, 2.24) is 10.3 Å². The van der Waals surface area contributed by atoms with Gasteiger partial charge in [0, 0.05) is 10.2 Å². The second-order valence-electron chi connectivity index (χ2n) is 5.29. The fourth-order valence-corrected chi connectivity index (χ4v) is 2.78. The number of hydrogen-bond donors (Lipinski definition) is 1. The number of amides is 1. The normalized spacial score (nSPS) is 15.5. The van der Waals surface area contributed by atoms with E-state index in [0.29, 0.717) is 5.69 Å². The first-order valence-corrected chi connectivity index (χ1v) is 7.54. The van der Waals surface area contributed by atoms with Crippen LogP contribution in [0.15, 0.2) is 47.1 Å². The molecule has 3 nitrogen and oxygen atoms in total. The molecule has 0 aliphatic heterocycles. The van der Waals surface area contributed by atoms with Gasteiger partial charge < -0.3 is 5.32 Å². The van der Waals surface area contributed by atoms with Crippen molar-refractivity contribution in [3.63, 3.8) is 0 Å². The molecule has 0 radical (unpaired) electrons. The number of rotatable bonds is 4. The molecule has 1 amide bonds. The lowest BCUT2D eigenvalue weighted by molar-refractivity contribution is -0.121. The first-order valence-electron chi connectivity index (χ1n) is 6.75. The Bertz CT molecular complexity index is 668. The van der Waals surface area contributed by atoms with Gasteiger partial charge in [0.25, 0.3) is 0 Å². The van der Waals surface area contributed by atoms with Crippen LogP contribution >= 0.6 is 15.9 Å². The molecular formula is C16H14BrFN2O. The molecule has 1 heterocycles. The quantitative estimate of drug-likeness (QED) is 0.920. The molecule has 3 rings (SSSR count). The van der Waals surface area contributed by atoms with E-state index in [9.17, 15) is 9.18 Å². The summed E-state index contributed by atoms with van der Waals surface area (Å²) in [5, 5.41) is 3.08. The van der Waals surface area contributed by atoms with Crippen molar-refractivity contribution in [2.75, 3.05) is 0 Å². The Labute approximate surface area is 130 Å². The highest BCUT2D eigenvalue weighted by atomic mass is 79.9. The van der Waals surface area contributed by atoms with Gasteiger partial charge in [-0.05, 0) is 42.7 Å². The van der Waals surface area contributed by atoms with Crippen molar-refractivity contribution in [3.8, 4) is 0 Å². The molecule has 2 aromatic rings. The molecule has 1 aromatic carbocycles. The number of nitrogens with zero attached hydrogens (tertiary/aromatic N) is 1. The highest BCUT2D eigenvalue weighted by Crippen LogP contribution is 2.46. The van der Waals surface area contributed by atoms with Crippen molar-refractivity contribution >= 4 is 21.8 Å². The van der Waals surface area contributed by atoms with Crippen LogP contribution in [0.4, 0.5) is 4.39 Å². The topological polar surface area (TPSA) is 42.0 Å². The molecule has 1 aliphatic rings. The summed E-state index contributed by atoms with van der Waals surface area (Å²) in [6.07, 6.45) is 3.16. The van der Waals surface area contributed by atoms with Crippen LogP contribution < -0.4 is 5.32 Å². The summed E-state index contributed by atoms with van der Waals surface area (Å²) in [4.78, 5) is 16.1. The molecule has 21 heavy (non-hydrogen) atoms. The van der Waals surface area contributed by atoms with E-state index < -0.39 is 5.82 Å². The standard InChI is InChI=1S/C16H14BrFN2O/c17-12-3-1-2-11(8-12)16(6-7-16)20-15(21)9-14-5-4-13(18)10-19-14/h1-5,8,10H,6-7,9H2,(H,20,21). The first kappa shape index (κ1) is 14.2. The smallest absolute Gasteiger partial charge is 0.226 e. The third-order valence-electron chi connectivity index (χ3n) is 3.64. The summed E-state index contributed by atoms with van der Waals surface area (Å²) < 4.78 is 13.8. The molecule has 0 spiro atoms. The molecule has 108 valence electrons. The van der Waals surface area contributed by atoms with Crippen molar-refractivity contribution in [2.45, 2.75) is 24.8 Å². The number of hydrogen-bond acceptors (Lipinski definition) is 2. The van der Waals surface area contributed by atoms with Crippen LogP contribution in [-0.2, 0) is 16.8 Å². The fraction of sp³-hybridized carbons (Fsp3) is 0.250. The number of nitrogens with one attached hydrogen (secondary N) is 1. The Morgan fingerprint density at radius 3 is 2.76 bits per heavy atom. The van der Waals surface area contributed by atoms with Crippen molar-refractivity contribution < 1.29 is 9.18 Å². The number of benzene rings is 1. The lowest BCUT2D eigenvalue weighted by Crippen LogP contribution is -2.36. The SMILES string of the molecule is O=C(Cc1ccc(F)cn1)NC1(c2cccc(Br)c2)CC1. The van der Waals surface area contributed by atoms with Crippen LogP contribution in [0.2, 0.25) is 0 Å². The van der Waals surface area contributed by atoms with Gasteiger partial charge in [0.1, 0.15) is 5.82 Å². The minimum absolute atomic E-state index is 0.0911. The maximum absolute atomic E-state index is 12.8. The molecule has 1 N–H and O–H groups in total. The monoisotopic (exact) mass is 348 g/mol. The van der Waals surface area contributed by atoms with Gasteiger partial charge in [0.15, 0.2) is 0 Å². The molecule has 0 bridgehead atoms. The zero-order valence-electron chi connectivity index (χ0n) is 11.3. The van der Waals surface area contributed by atoms with Gasteiger partial charge in [-0.2, -0.15) is 0 Å². The molecule has 1 fully saturated rings. The minimum atomic E-state index is -0.396. The Morgan fingerprint density at radius 1 is 1.33 bits per heavy atom. The van der Waals surface area contributed by atoms with E-state index in [1.165, 1.54) is 12.1 Å². The Balaban J connectivity index is 1.68. The fourth-order valence-electron chi connectivity index (χ4n) is 2.38. The molecule has 1 aliphatic carbocycles. The molecule has 0 unspecified atom stereocenters. The van der Waals surface area contributed by atoms with E-state index in [1.54, 1.807) is 0 Å². The minimum Gasteiger partial charge on any atom is -0.346 e. The van der Waals surface area contributed by atoms with Gasteiger partial charge in [-0.3, -0.25) is 9.78 Å². The van der Waals surface area contributed by atoms with E-state index in [2.05, 4.69) is 26.2 Å². The summed E-state index contributed by atoms with van der Waals surface area (Å²) >= 11 is 3.45. The zero-order valence-corrected chi connectivity index (χ0v) is 12.9. The largest absolute Gasteiger partial charge is 0.346 e. The van der Waals surface area contributed by atoms with E-state index in [4.69, 9.17) is 0 Å². The van der Waals surface area contributed by atoms with Crippen LogP contribution in [0.3, 0.4) is 0 Å². The third kappa shape index (κ3) is 3.29. The van der Waals surface area contributed by atoms with Crippen LogP contribution in [0.1, 0.15) is 24.1 Å².